The minimum Gasteiger partial charge on any atom is -0.273 e. The molecule has 4 heteroatoms. The quantitative estimate of drug-likeness (QED) is 0.832. The first-order valence-electron chi connectivity index (χ1n) is 9.38. The predicted octanol–water partition coefficient (Wildman–Crippen LogP) is 3.69. The lowest BCUT2D eigenvalue weighted by molar-refractivity contribution is -0.134. The summed E-state index contributed by atoms with van der Waals surface area (Å²) in [5, 5.41) is 0. The molecule has 1 aromatic rings. The number of nitrogens with one attached hydrogen (secondary N) is 2. The van der Waals surface area contributed by atoms with Crippen molar-refractivity contribution in [3.8, 4) is 0 Å². The molecule has 2 N–H and O–H groups in total. The van der Waals surface area contributed by atoms with Gasteiger partial charge in [0, 0.05) is 11.8 Å². The highest BCUT2D eigenvalue weighted by Gasteiger charge is 2.28. The fraction of sp³-hybridized carbons (Fsp3) is 0.600. The Balaban J connectivity index is 1.41. The maximum Gasteiger partial charge on any atom is 0.241 e. The molecule has 0 saturated heterocycles. The minimum absolute atomic E-state index is 0.0129. The second-order valence-corrected chi connectivity index (χ2v) is 7.27. The van der Waals surface area contributed by atoms with Crippen molar-refractivity contribution in [2.24, 2.45) is 11.8 Å². The van der Waals surface area contributed by atoms with Crippen molar-refractivity contribution >= 4 is 11.8 Å². The lowest BCUT2D eigenvalue weighted by atomic mass is 9.78. The van der Waals surface area contributed by atoms with Gasteiger partial charge in [-0.1, -0.05) is 49.6 Å². The summed E-state index contributed by atoms with van der Waals surface area (Å²) in [6.07, 6.45) is 9.23. The largest absolute Gasteiger partial charge is 0.273 e. The highest BCUT2D eigenvalue weighted by molar-refractivity contribution is 5.84. The van der Waals surface area contributed by atoms with Gasteiger partial charge in [-0.2, -0.15) is 0 Å². The van der Waals surface area contributed by atoms with Crippen LogP contribution in [0.15, 0.2) is 30.3 Å². The predicted molar refractivity (Wildman–Crippen MR) is 94.0 cm³/mol. The Morgan fingerprint density at radius 2 is 1.25 bits per heavy atom. The number of rotatable bonds is 3. The van der Waals surface area contributed by atoms with E-state index in [1.54, 1.807) is 0 Å². The van der Waals surface area contributed by atoms with Gasteiger partial charge >= 0.3 is 0 Å². The molecule has 0 aromatic heterocycles. The third-order valence-corrected chi connectivity index (χ3v) is 5.65. The van der Waals surface area contributed by atoms with Crippen LogP contribution in [0.5, 0.6) is 0 Å². The molecule has 2 saturated carbocycles. The topological polar surface area (TPSA) is 58.2 Å². The van der Waals surface area contributed by atoms with Crippen LogP contribution in [0, 0.1) is 11.8 Å². The molecule has 130 valence electrons. The molecular weight excluding hydrogens is 300 g/mol. The first kappa shape index (κ1) is 17.0. The fourth-order valence-corrected chi connectivity index (χ4v) is 4.11. The molecular formula is C20H28N2O2. The summed E-state index contributed by atoms with van der Waals surface area (Å²) in [4.78, 5) is 24.4. The normalized spacial score (nSPS) is 25.0. The van der Waals surface area contributed by atoms with Crippen molar-refractivity contribution in [1.82, 2.24) is 10.9 Å². The van der Waals surface area contributed by atoms with Crippen LogP contribution in [0.2, 0.25) is 0 Å². The van der Waals surface area contributed by atoms with E-state index >= 15 is 0 Å². The summed E-state index contributed by atoms with van der Waals surface area (Å²) in [7, 11) is 0. The van der Waals surface area contributed by atoms with Crippen molar-refractivity contribution in [2.45, 2.75) is 63.7 Å². The zero-order valence-corrected chi connectivity index (χ0v) is 14.3. The average molecular weight is 328 g/mol. The van der Waals surface area contributed by atoms with E-state index in [0.29, 0.717) is 5.92 Å². The van der Waals surface area contributed by atoms with Crippen LogP contribution in [0.25, 0.3) is 0 Å². The van der Waals surface area contributed by atoms with Gasteiger partial charge in [0.2, 0.25) is 11.8 Å². The summed E-state index contributed by atoms with van der Waals surface area (Å²) in [5.41, 5.74) is 6.70. The van der Waals surface area contributed by atoms with E-state index in [2.05, 4.69) is 35.1 Å². The second kappa shape index (κ2) is 8.32. The average Bonchev–Trinajstić information content (AvgIpc) is 2.67. The number of benzene rings is 1. The molecule has 2 amide bonds. The van der Waals surface area contributed by atoms with Crippen LogP contribution < -0.4 is 10.9 Å². The highest BCUT2D eigenvalue weighted by Crippen LogP contribution is 2.35. The van der Waals surface area contributed by atoms with E-state index in [9.17, 15) is 9.59 Å². The second-order valence-electron chi connectivity index (χ2n) is 7.27. The Labute approximate surface area is 144 Å². The lowest BCUT2D eigenvalue weighted by Gasteiger charge is -2.28. The summed E-state index contributed by atoms with van der Waals surface area (Å²) < 4.78 is 0. The number of amides is 2. The maximum absolute atomic E-state index is 12.3. The van der Waals surface area contributed by atoms with Crippen molar-refractivity contribution in [3.63, 3.8) is 0 Å². The molecule has 0 heterocycles. The van der Waals surface area contributed by atoms with E-state index in [-0.39, 0.29) is 23.7 Å². The number of carbonyl (C=O) groups is 2. The smallest absolute Gasteiger partial charge is 0.241 e. The SMILES string of the molecule is O=C(NNC(=O)C1CCC(c2ccccc2)CC1)C1CCCCC1. The molecule has 0 bridgehead atoms. The summed E-state index contributed by atoms with van der Waals surface area (Å²) >= 11 is 0. The van der Waals surface area contributed by atoms with Gasteiger partial charge in [0.25, 0.3) is 0 Å². The van der Waals surface area contributed by atoms with Gasteiger partial charge in [0.15, 0.2) is 0 Å². The van der Waals surface area contributed by atoms with Gasteiger partial charge in [0.1, 0.15) is 0 Å². The Hall–Kier alpha value is -1.84. The zero-order valence-electron chi connectivity index (χ0n) is 14.3. The van der Waals surface area contributed by atoms with Gasteiger partial charge in [-0.25, -0.2) is 0 Å². The van der Waals surface area contributed by atoms with Crippen LogP contribution in [-0.2, 0) is 9.59 Å². The van der Waals surface area contributed by atoms with Gasteiger partial charge in [-0.05, 0) is 50.0 Å². The fourth-order valence-electron chi connectivity index (χ4n) is 4.11. The Morgan fingerprint density at radius 3 is 1.83 bits per heavy atom. The van der Waals surface area contributed by atoms with E-state index < -0.39 is 0 Å². The molecule has 3 rings (SSSR count). The van der Waals surface area contributed by atoms with Gasteiger partial charge in [-0.3, -0.25) is 20.4 Å². The molecule has 2 aliphatic carbocycles. The highest BCUT2D eigenvalue weighted by atomic mass is 16.2. The zero-order chi connectivity index (χ0) is 16.8. The van der Waals surface area contributed by atoms with Crippen molar-refractivity contribution < 1.29 is 9.59 Å². The Morgan fingerprint density at radius 1 is 0.708 bits per heavy atom. The van der Waals surface area contributed by atoms with Crippen molar-refractivity contribution in [1.29, 1.82) is 0 Å². The van der Waals surface area contributed by atoms with Crippen molar-refractivity contribution in [3.05, 3.63) is 35.9 Å². The lowest BCUT2D eigenvalue weighted by Crippen LogP contribution is -2.47. The molecule has 0 aliphatic heterocycles. The van der Waals surface area contributed by atoms with Crippen LogP contribution in [0.1, 0.15) is 69.3 Å². The maximum atomic E-state index is 12.3. The first-order valence-corrected chi connectivity index (χ1v) is 9.38. The van der Waals surface area contributed by atoms with Gasteiger partial charge < -0.3 is 0 Å². The van der Waals surface area contributed by atoms with Crippen LogP contribution in [0.4, 0.5) is 0 Å². The number of hydrogen-bond acceptors (Lipinski definition) is 2. The first-order chi connectivity index (χ1) is 11.7. The van der Waals surface area contributed by atoms with E-state index in [0.717, 1.165) is 51.4 Å². The van der Waals surface area contributed by atoms with E-state index in [1.807, 2.05) is 6.07 Å². The summed E-state index contributed by atoms with van der Waals surface area (Å²) in [6.45, 7) is 0. The molecule has 0 unspecified atom stereocenters. The third-order valence-electron chi connectivity index (χ3n) is 5.65. The van der Waals surface area contributed by atoms with E-state index in [4.69, 9.17) is 0 Å². The molecule has 24 heavy (non-hydrogen) atoms. The standard InChI is InChI=1S/C20H28N2O2/c23-19(17-9-5-2-6-10-17)21-22-20(24)18-13-11-16(12-14-18)15-7-3-1-4-8-15/h1,3-4,7-8,16-18H,2,5-6,9-14H2,(H,21,23)(H,22,24). The van der Waals surface area contributed by atoms with Crippen LogP contribution >= 0.6 is 0 Å². The van der Waals surface area contributed by atoms with Gasteiger partial charge in [0.05, 0.1) is 0 Å². The summed E-state index contributed by atoms with van der Waals surface area (Å²) in [5.74, 6) is 0.628. The Bertz CT molecular complexity index is 544. The number of hydrazine groups is 1. The molecule has 0 atom stereocenters. The molecule has 2 aliphatic rings. The van der Waals surface area contributed by atoms with Crippen LogP contribution in [-0.4, -0.2) is 11.8 Å². The Kier molecular flexibility index (Phi) is 5.89. The molecule has 4 nitrogen and oxygen atoms in total. The summed E-state index contributed by atoms with van der Waals surface area (Å²) in [6, 6.07) is 10.5. The third kappa shape index (κ3) is 4.37. The minimum atomic E-state index is -0.0225. The van der Waals surface area contributed by atoms with Gasteiger partial charge in [-0.15, -0.1) is 0 Å². The number of hydrogen-bond donors (Lipinski definition) is 2. The molecule has 2 fully saturated rings. The van der Waals surface area contributed by atoms with Crippen molar-refractivity contribution in [2.75, 3.05) is 0 Å². The molecule has 0 radical (unpaired) electrons. The molecule has 1 aromatic carbocycles. The van der Waals surface area contributed by atoms with E-state index in [1.165, 1.54) is 12.0 Å². The van der Waals surface area contributed by atoms with Crippen LogP contribution in [0.3, 0.4) is 0 Å². The monoisotopic (exact) mass is 328 g/mol. The number of carbonyl (C=O) groups excluding carboxylic acids is 2. The molecule has 0 spiro atoms.